The lowest BCUT2D eigenvalue weighted by atomic mass is 10.2. The summed E-state index contributed by atoms with van der Waals surface area (Å²) >= 11 is 4.57. The van der Waals surface area contributed by atoms with Gasteiger partial charge in [0.25, 0.3) is 17.4 Å². The molecule has 0 radical (unpaired) electrons. The standard InChI is InChI=1S/C17H14BrN3O4S/c18-11-6-7-13(12(8-11)16(23)24)19-14(22)15-20-21-17(25-15)26-9-10-4-2-1-3-5-10/h1-8,15,20H,9H2,(H,19,22)(H,23,24). The maximum atomic E-state index is 12.3. The van der Waals surface area contributed by atoms with Gasteiger partial charge in [-0.25, -0.2) is 4.79 Å². The molecule has 0 saturated carbocycles. The van der Waals surface area contributed by atoms with Crippen molar-refractivity contribution in [3.63, 3.8) is 0 Å². The van der Waals surface area contributed by atoms with E-state index in [1.165, 1.54) is 23.9 Å². The Labute approximate surface area is 161 Å². The number of thioether (sulfide) groups is 1. The van der Waals surface area contributed by atoms with Gasteiger partial charge in [-0.15, -0.1) is 5.10 Å². The predicted octanol–water partition coefficient (Wildman–Crippen LogP) is 3.24. The number of aromatic carboxylic acids is 1. The van der Waals surface area contributed by atoms with Crippen LogP contribution in [0.1, 0.15) is 15.9 Å². The second-order valence-electron chi connectivity index (χ2n) is 5.26. The van der Waals surface area contributed by atoms with Crippen LogP contribution < -0.4 is 10.7 Å². The molecule has 3 N–H and O–H groups in total. The fourth-order valence-electron chi connectivity index (χ4n) is 2.16. The Hall–Kier alpha value is -2.52. The van der Waals surface area contributed by atoms with Crippen LogP contribution in [0.25, 0.3) is 0 Å². The summed E-state index contributed by atoms with van der Waals surface area (Å²) in [4.78, 5) is 23.6. The van der Waals surface area contributed by atoms with Crippen LogP contribution in [-0.2, 0) is 15.3 Å². The van der Waals surface area contributed by atoms with E-state index in [0.717, 1.165) is 5.56 Å². The van der Waals surface area contributed by atoms with Crippen molar-refractivity contribution >= 4 is 50.5 Å². The van der Waals surface area contributed by atoms with Gasteiger partial charge in [0.2, 0.25) is 0 Å². The summed E-state index contributed by atoms with van der Waals surface area (Å²) in [5.74, 6) is -1.02. The molecule has 0 saturated heterocycles. The van der Waals surface area contributed by atoms with Gasteiger partial charge < -0.3 is 15.2 Å². The topological polar surface area (TPSA) is 100 Å². The predicted molar refractivity (Wildman–Crippen MR) is 103 cm³/mol. The molecule has 1 unspecified atom stereocenters. The lowest BCUT2D eigenvalue weighted by molar-refractivity contribution is -0.123. The van der Waals surface area contributed by atoms with Crippen molar-refractivity contribution in [3.8, 4) is 0 Å². The van der Waals surface area contributed by atoms with E-state index in [9.17, 15) is 14.7 Å². The van der Waals surface area contributed by atoms with Crippen molar-refractivity contribution in [2.45, 2.75) is 12.0 Å². The fourth-order valence-corrected chi connectivity index (χ4v) is 3.29. The summed E-state index contributed by atoms with van der Waals surface area (Å²) in [6.45, 7) is 0. The zero-order valence-corrected chi connectivity index (χ0v) is 15.7. The molecule has 1 aliphatic rings. The van der Waals surface area contributed by atoms with E-state index in [0.29, 0.717) is 15.5 Å². The Morgan fingerprint density at radius 3 is 2.77 bits per heavy atom. The fraction of sp³-hybridized carbons (Fsp3) is 0.118. The van der Waals surface area contributed by atoms with Crippen molar-refractivity contribution in [2.75, 3.05) is 5.32 Å². The van der Waals surface area contributed by atoms with Gasteiger partial charge in [-0.05, 0) is 23.8 Å². The average molecular weight is 436 g/mol. The molecule has 1 aliphatic heterocycles. The number of hydrogen-bond donors (Lipinski definition) is 3. The highest BCUT2D eigenvalue weighted by molar-refractivity contribution is 9.10. The smallest absolute Gasteiger partial charge is 0.337 e. The van der Waals surface area contributed by atoms with Crippen molar-refractivity contribution in [1.82, 2.24) is 5.43 Å². The van der Waals surface area contributed by atoms with Crippen LogP contribution in [0.2, 0.25) is 0 Å². The monoisotopic (exact) mass is 435 g/mol. The zero-order chi connectivity index (χ0) is 18.5. The van der Waals surface area contributed by atoms with E-state index in [1.807, 2.05) is 30.3 Å². The molecule has 26 heavy (non-hydrogen) atoms. The number of halogens is 1. The van der Waals surface area contributed by atoms with Crippen LogP contribution in [0.4, 0.5) is 5.69 Å². The average Bonchev–Trinajstić information content (AvgIpc) is 3.11. The molecule has 2 aromatic carbocycles. The number of carboxylic acid groups (broad SMARTS) is 1. The highest BCUT2D eigenvalue weighted by Crippen LogP contribution is 2.22. The molecule has 3 rings (SSSR count). The maximum absolute atomic E-state index is 12.3. The molecule has 0 fully saturated rings. The Morgan fingerprint density at radius 2 is 2.04 bits per heavy atom. The third-order valence-electron chi connectivity index (χ3n) is 3.40. The van der Waals surface area contributed by atoms with Gasteiger partial charge in [0.1, 0.15) is 0 Å². The summed E-state index contributed by atoms with van der Waals surface area (Å²) < 4.78 is 6.08. The number of carbonyl (C=O) groups excluding carboxylic acids is 1. The molecule has 9 heteroatoms. The zero-order valence-electron chi connectivity index (χ0n) is 13.3. The van der Waals surface area contributed by atoms with Gasteiger partial charge in [-0.2, -0.15) is 0 Å². The van der Waals surface area contributed by atoms with Gasteiger partial charge in [0.05, 0.1) is 11.3 Å². The second kappa shape index (κ2) is 8.24. The van der Waals surface area contributed by atoms with Crippen molar-refractivity contribution < 1.29 is 19.4 Å². The minimum absolute atomic E-state index is 0.0229. The molecule has 2 aromatic rings. The maximum Gasteiger partial charge on any atom is 0.337 e. The lowest BCUT2D eigenvalue weighted by Crippen LogP contribution is -2.36. The molecule has 0 aliphatic carbocycles. The molecule has 1 atom stereocenters. The number of hydrazone groups is 1. The van der Waals surface area contributed by atoms with Gasteiger partial charge in [0, 0.05) is 10.2 Å². The van der Waals surface area contributed by atoms with Crippen LogP contribution >= 0.6 is 27.7 Å². The van der Waals surface area contributed by atoms with E-state index < -0.39 is 18.1 Å². The van der Waals surface area contributed by atoms with E-state index in [1.54, 1.807) is 6.07 Å². The Morgan fingerprint density at radius 1 is 1.27 bits per heavy atom. The van der Waals surface area contributed by atoms with Crippen LogP contribution in [0.5, 0.6) is 0 Å². The number of ether oxygens (including phenoxy) is 1. The summed E-state index contributed by atoms with van der Waals surface area (Å²) in [5, 5.41) is 16.1. The first-order valence-corrected chi connectivity index (χ1v) is 9.31. The van der Waals surface area contributed by atoms with Crippen molar-refractivity contribution in [1.29, 1.82) is 0 Å². The molecular weight excluding hydrogens is 422 g/mol. The molecule has 1 heterocycles. The first kappa shape index (κ1) is 18.3. The normalized spacial score (nSPS) is 15.6. The minimum Gasteiger partial charge on any atom is -0.478 e. The molecule has 0 bridgehead atoms. The largest absolute Gasteiger partial charge is 0.478 e. The molecule has 0 aromatic heterocycles. The molecule has 134 valence electrons. The quantitative estimate of drug-likeness (QED) is 0.666. The number of nitrogens with one attached hydrogen (secondary N) is 2. The lowest BCUT2D eigenvalue weighted by Gasteiger charge is -2.13. The molecular formula is C17H14BrN3O4S. The van der Waals surface area contributed by atoms with Crippen molar-refractivity contribution in [2.24, 2.45) is 5.10 Å². The summed E-state index contributed by atoms with van der Waals surface area (Å²) in [6, 6.07) is 14.4. The second-order valence-corrected chi connectivity index (χ2v) is 7.11. The summed E-state index contributed by atoms with van der Waals surface area (Å²) in [5.41, 5.74) is 3.87. The number of rotatable bonds is 5. The van der Waals surface area contributed by atoms with Crippen molar-refractivity contribution in [3.05, 3.63) is 64.1 Å². The number of nitrogens with zero attached hydrogens (tertiary/aromatic N) is 1. The highest BCUT2D eigenvalue weighted by atomic mass is 79.9. The summed E-state index contributed by atoms with van der Waals surface area (Å²) in [6.07, 6.45) is -1.02. The van der Waals surface area contributed by atoms with E-state index in [4.69, 9.17) is 4.74 Å². The van der Waals surface area contributed by atoms with Crippen LogP contribution in [-0.4, -0.2) is 28.4 Å². The van der Waals surface area contributed by atoms with Gasteiger partial charge in [-0.1, -0.05) is 58.0 Å². The van der Waals surface area contributed by atoms with E-state index >= 15 is 0 Å². The highest BCUT2D eigenvalue weighted by Gasteiger charge is 2.28. The third-order valence-corrected chi connectivity index (χ3v) is 4.81. The van der Waals surface area contributed by atoms with Gasteiger partial charge >= 0.3 is 5.97 Å². The number of hydrogen-bond acceptors (Lipinski definition) is 6. The molecule has 7 nitrogen and oxygen atoms in total. The van der Waals surface area contributed by atoms with Crippen LogP contribution in [0, 0.1) is 0 Å². The molecule has 0 spiro atoms. The first-order chi connectivity index (χ1) is 12.5. The third kappa shape index (κ3) is 4.55. The van der Waals surface area contributed by atoms with Crippen LogP contribution in [0.3, 0.4) is 0 Å². The SMILES string of the molecule is O=C(O)c1cc(Br)ccc1NC(=O)C1NN=C(SCc2ccccc2)O1. The summed E-state index contributed by atoms with van der Waals surface area (Å²) in [7, 11) is 0. The van der Waals surface area contributed by atoms with Gasteiger partial charge in [0.15, 0.2) is 0 Å². The minimum atomic E-state index is -1.14. The molecule has 1 amide bonds. The first-order valence-electron chi connectivity index (χ1n) is 7.53. The number of amides is 1. The van der Waals surface area contributed by atoms with E-state index in [2.05, 4.69) is 31.8 Å². The van der Waals surface area contributed by atoms with E-state index in [-0.39, 0.29) is 11.3 Å². The number of anilines is 1. The Bertz CT molecular complexity index is 860. The number of carbonyl (C=O) groups is 2. The Kier molecular flexibility index (Phi) is 5.79. The number of carboxylic acids is 1. The van der Waals surface area contributed by atoms with Crippen LogP contribution in [0.15, 0.2) is 58.1 Å². The van der Waals surface area contributed by atoms with Gasteiger partial charge in [-0.3, -0.25) is 10.2 Å². The Balaban J connectivity index is 1.57. The number of benzene rings is 2.